The first-order chi connectivity index (χ1) is 10.9. The Morgan fingerprint density at radius 2 is 2.09 bits per heavy atom. The van der Waals surface area contributed by atoms with Crippen molar-refractivity contribution in [3.05, 3.63) is 34.9 Å². The summed E-state index contributed by atoms with van der Waals surface area (Å²) in [4.78, 5) is 25.6. The molecular weight excluding hydrogens is 318 g/mol. The summed E-state index contributed by atoms with van der Waals surface area (Å²) in [5.74, 6) is -0.0146. The lowest BCUT2D eigenvalue weighted by Gasteiger charge is -2.26. The number of nitrogens with zero attached hydrogens (tertiary/aromatic N) is 1. The molecule has 0 aliphatic carbocycles. The number of carbonyl (C=O) groups excluding carboxylic acids is 2. The van der Waals surface area contributed by atoms with Gasteiger partial charge in [0.25, 0.3) is 0 Å². The van der Waals surface area contributed by atoms with Crippen LogP contribution in [0.2, 0.25) is 5.02 Å². The molecular formula is C16H22ClN3O3. The molecule has 1 heterocycles. The van der Waals surface area contributed by atoms with Crippen LogP contribution in [0.25, 0.3) is 0 Å². The molecule has 0 unspecified atom stereocenters. The van der Waals surface area contributed by atoms with E-state index in [1.54, 1.807) is 31.0 Å². The molecule has 1 aliphatic rings. The van der Waals surface area contributed by atoms with Crippen LogP contribution in [0, 0.1) is 0 Å². The SMILES string of the molecule is C[C@H](O)CCNC(=O)N[C@H]1CC(=O)N(C)[C@H]1c1ccc(Cl)cc1. The number of amides is 3. The van der Waals surface area contributed by atoms with E-state index < -0.39 is 6.10 Å². The molecule has 0 aromatic heterocycles. The number of halogens is 1. The van der Waals surface area contributed by atoms with Crippen molar-refractivity contribution in [2.45, 2.75) is 38.0 Å². The van der Waals surface area contributed by atoms with Crippen LogP contribution >= 0.6 is 11.6 Å². The standard InChI is InChI=1S/C16H22ClN3O3/c1-10(21)7-8-18-16(23)19-13-9-14(22)20(2)15(13)11-3-5-12(17)6-4-11/h3-6,10,13,15,21H,7-9H2,1-2H3,(H2,18,19,23)/t10-,13-,15-/m0/s1. The van der Waals surface area contributed by atoms with Gasteiger partial charge in [0.15, 0.2) is 0 Å². The molecule has 126 valence electrons. The molecule has 0 spiro atoms. The van der Waals surface area contributed by atoms with Crippen LogP contribution in [0.4, 0.5) is 4.79 Å². The largest absolute Gasteiger partial charge is 0.393 e. The average Bonchev–Trinajstić information content (AvgIpc) is 2.74. The first kappa shape index (κ1) is 17.6. The Kier molecular flexibility index (Phi) is 5.85. The summed E-state index contributed by atoms with van der Waals surface area (Å²) in [5.41, 5.74) is 0.928. The molecule has 3 amide bonds. The number of benzene rings is 1. The van der Waals surface area contributed by atoms with E-state index in [0.29, 0.717) is 18.0 Å². The Balaban J connectivity index is 2.02. The highest BCUT2D eigenvalue weighted by Crippen LogP contribution is 2.32. The zero-order valence-electron chi connectivity index (χ0n) is 13.3. The molecule has 1 aromatic carbocycles. The normalized spacial score (nSPS) is 22.1. The highest BCUT2D eigenvalue weighted by atomic mass is 35.5. The molecule has 0 radical (unpaired) electrons. The Morgan fingerprint density at radius 3 is 2.70 bits per heavy atom. The lowest BCUT2D eigenvalue weighted by Crippen LogP contribution is -2.45. The highest BCUT2D eigenvalue weighted by Gasteiger charge is 2.39. The number of hydrogen-bond acceptors (Lipinski definition) is 3. The topological polar surface area (TPSA) is 81.7 Å². The van der Waals surface area contributed by atoms with E-state index in [2.05, 4.69) is 10.6 Å². The van der Waals surface area contributed by atoms with Gasteiger partial charge < -0.3 is 20.6 Å². The monoisotopic (exact) mass is 339 g/mol. The third-order valence-corrected chi connectivity index (χ3v) is 4.21. The fourth-order valence-electron chi connectivity index (χ4n) is 2.73. The van der Waals surface area contributed by atoms with E-state index in [4.69, 9.17) is 11.6 Å². The second-order valence-electron chi connectivity index (χ2n) is 5.85. The molecule has 23 heavy (non-hydrogen) atoms. The van der Waals surface area contributed by atoms with Gasteiger partial charge >= 0.3 is 6.03 Å². The van der Waals surface area contributed by atoms with Crippen molar-refractivity contribution in [2.24, 2.45) is 0 Å². The fourth-order valence-corrected chi connectivity index (χ4v) is 2.85. The predicted octanol–water partition coefficient (Wildman–Crippen LogP) is 1.68. The lowest BCUT2D eigenvalue weighted by molar-refractivity contribution is -0.127. The van der Waals surface area contributed by atoms with Gasteiger partial charge in [-0.1, -0.05) is 23.7 Å². The van der Waals surface area contributed by atoms with Crippen molar-refractivity contribution in [3.63, 3.8) is 0 Å². The molecule has 3 N–H and O–H groups in total. The summed E-state index contributed by atoms with van der Waals surface area (Å²) in [5, 5.41) is 15.4. The smallest absolute Gasteiger partial charge is 0.315 e. The Morgan fingerprint density at radius 1 is 1.43 bits per heavy atom. The minimum absolute atomic E-state index is 0.0146. The molecule has 1 saturated heterocycles. The summed E-state index contributed by atoms with van der Waals surface area (Å²) in [6, 6.07) is 6.41. The van der Waals surface area contributed by atoms with Gasteiger partial charge in [-0.3, -0.25) is 4.79 Å². The summed E-state index contributed by atoms with van der Waals surface area (Å²) < 4.78 is 0. The van der Waals surface area contributed by atoms with Crippen molar-refractivity contribution >= 4 is 23.5 Å². The highest BCUT2D eigenvalue weighted by molar-refractivity contribution is 6.30. The number of aliphatic hydroxyl groups is 1. The van der Waals surface area contributed by atoms with Gasteiger partial charge in [0.1, 0.15) is 0 Å². The van der Waals surface area contributed by atoms with Gasteiger partial charge in [-0.2, -0.15) is 0 Å². The van der Waals surface area contributed by atoms with Crippen molar-refractivity contribution < 1.29 is 14.7 Å². The zero-order valence-corrected chi connectivity index (χ0v) is 14.0. The van der Waals surface area contributed by atoms with Crippen LogP contribution in [0.3, 0.4) is 0 Å². The maximum absolute atomic E-state index is 12.0. The van der Waals surface area contributed by atoms with Crippen LogP contribution in [0.15, 0.2) is 24.3 Å². The van der Waals surface area contributed by atoms with E-state index in [-0.39, 0.29) is 30.4 Å². The van der Waals surface area contributed by atoms with Crippen LogP contribution in [0.5, 0.6) is 0 Å². The van der Waals surface area contributed by atoms with Crippen molar-refractivity contribution in [1.29, 1.82) is 0 Å². The average molecular weight is 340 g/mol. The first-order valence-corrected chi connectivity index (χ1v) is 8.00. The summed E-state index contributed by atoms with van der Waals surface area (Å²) in [6.45, 7) is 2.05. The molecule has 1 fully saturated rings. The molecule has 0 bridgehead atoms. The van der Waals surface area contributed by atoms with Crippen LogP contribution in [-0.4, -0.2) is 47.7 Å². The predicted molar refractivity (Wildman–Crippen MR) is 88.2 cm³/mol. The maximum atomic E-state index is 12.0. The fraction of sp³-hybridized carbons (Fsp3) is 0.500. The van der Waals surface area contributed by atoms with E-state index in [9.17, 15) is 14.7 Å². The number of carbonyl (C=O) groups is 2. The molecule has 2 rings (SSSR count). The minimum atomic E-state index is -0.462. The number of aliphatic hydroxyl groups excluding tert-OH is 1. The van der Waals surface area contributed by atoms with E-state index in [1.807, 2.05) is 12.1 Å². The molecule has 7 heteroatoms. The summed E-state index contributed by atoms with van der Waals surface area (Å²) >= 11 is 5.91. The second-order valence-corrected chi connectivity index (χ2v) is 6.29. The van der Waals surface area contributed by atoms with Crippen molar-refractivity contribution in [3.8, 4) is 0 Å². The number of rotatable bonds is 5. The van der Waals surface area contributed by atoms with Crippen LogP contribution in [-0.2, 0) is 4.79 Å². The number of likely N-dealkylation sites (N-methyl/N-ethyl adjacent to an activating group) is 1. The molecule has 3 atom stereocenters. The Bertz CT molecular complexity index is 562. The quantitative estimate of drug-likeness (QED) is 0.763. The summed E-state index contributed by atoms with van der Waals surface area (Å²) in [7, 11) is 1.73. The summed E-state index contributed by atoms with van der Waals surface area (Å²) in [6.07, 6.45) is 0.279. The first-order valence-electron chi connectivity index (χ1n) is 7.62. The van der Waals surface area contributed by atoms with Crippen molar-refractivity contribution in [2.75, 3.05) is 13.6 Å². The Labute approximate surface area is 140 Å². The van der Waals surface area contributed by atoms with Gasteiger partial charge in [0.2, 0.25) is 5.91 Å². The van der Waals surface area contributed by atoms with Gasteiger partial charge in [-0.15, -0.1) is 0 Å². The van der Waals surface area contributed by atoms with Gasteiger partial charge in [-0.25, -0.2) is 4.79 Å². The number of hydrogen-bond donors (Lipinski definition) is 3. The third-order valence-electron chi connectivity index (χ3n) is 3.96. The lowest BCUT2D eigenvalue weighted by atomic mass is 10.0. The number of urea groups is 1. The maximum Gasteiger partial charge on any atom is 0.315 e. The molecule has 6 nitrogen and oxygen atoms in total. The van der Waals surface area contributed by atoms with Gasteiger partial charge in [0.05, 0.1) is 18.2 Å². The zero-order chi connectivity index (χ0) is 17.0. The van der Waals surface area contributed by atoms with Crippen LogP contribution < -0.4 is 10.6 Å². The number of nitrogens with one attached hydrogen (secondary N) is 2. The van der Waals surface area contributed by atoms with E-state index in [1.165, 1.54) is 0 Å². The molecule has 0 saturated carbocycles. The van der Waals surface area contributed by atoms with E-state index >= 15 is 0 Å². The minimum Gasteiger partial charge on any atom is -0.393 e. The van der Waals surface area contributed by atoms with Crippen molar-refractivity contribution in [1.82, 2.24) is 15.5 Å². The number of likely N-dealkylation sites (tertiary alicyclic amines) is 1. The molecule has 1 aliphatic heterocycles. The Hall–Kier alpha value is -1.79. The second kappa shape index (κ2) is 7.66. The third kappa shape index (κ3) is 4.59. The van der Waals surface area contributed by atoms with Gasteiger partial charge in [0, 0.05) is 25.0 Å². The van der Waals surface area contributed by atoms with E-state index in [0.717, 1.165) is 5.56 Å². The van der Waals surface area contributed by atoms with Gasteiger partial charge in [-0.05, 0) is 31.0 Å². The van der Waals surface area contributed by atoms with Crippen LogP contribution in [0.1, 0.15) is 31.4 Å². The molecule has 1 aromatic rings.